The molecule has 0 spiro atoms. The minimum Gasteiger partial charge on any atom is -0.356 e. The third-order valence-electron chi connectivity index (χ3n) is 2.55. The number of nitrogens with one attached hydrogen (secondary N) is 1. The second-order valence-electron chi connectivity index (χ2n) is 3.72. The van der Waals surface area contributed by atoms with Gasteiger partial charge in [0.25, 0.3) is 5.56 Å². The maximum absolute atomic E-state index is 12.0. The van der Waals surface area contributed by atoms with Crippen LogP contribution in [-0.2, 0) is 11.3 Å². The summed E-state index contributed by atoms with van der Waals surface area (Å²) in [5.74, 6) is -0.0233. The number of nitrogens with zero attached hydrogens (tertiary/aromatic N) is 1. The number of hydrogen-bond acceptors (Lipinski definition) is 3. The molecule has 0 saturated heterocycles. The van der Waals surface area contributed by atoms with Crippen LogP contribution in [-0.4, -0.2) is 17.0 Å². The first-order chi connectivity index (χ1) is 8.22. The third-order valence-corrected chi connectivity index (χ3v) is 3.43. The molecule has 17 heavy (non-hydrogen) atoms. The smallest absolute Gasteiger partial charge is 0.259 e. The van der Waals surface area contributed by atoms with E-state index in [1.165, 1.54) is 0 Å². The van der Waals surface area contributed by atoms with Gasteiger partial charge in [0.15, 0.2) is 0 Å². The molecule has 0 bridgehead atoms. The van der Waals surface area contributed by atoms with Crippen molar-refractivity contribution >= 4 is 27.3 Å². The number of carbonyl (C=O) groups excluding carboxylic acids is 1. The van der Waals surface area contributed by atoms with Gasteiger partial charge in [0, 0.05) is 30.4 Å². The van der Waals surface area contributed by atoms with Crippen molar-refractivity contribution in [1.29, 1.82) is 0 Å². The quantitative estimate of drug-likeness (QED) is 0.896. The van der Waals surface area contributed by atoms with E-state index in [1.54, 1.807) is 22.1 Å². The number of aromatic nitrogens is 1. The molecule has 0 aliphatic heterocycles. The van der Waals surface area contributed by atoms with Gasteiger partial charge in [0.1, 0.15) is 0 Å². The van der Waals surface area contributed by atoms with Gasteiger partial charge in [-0.15, -0.1) is 11.3 Å². The first-order valence-corrected chi connectivity index (χ1v) is 6.43. The molecule has 2 rings (SSSR count). The number of aryl methyl sites for hydroxylation is 1. The van der Waals surface area contributed by atoms with Gasteiger partial charge in [-0.25, -0.2) is 0 Å². The summed E-state index contributed by atoms with van der Waals surface area (Å²) in [5.41, 5.74) is -0.0203. The molecule has 2 aromatic rings. The average molecular weight is 250 g/mol. The predicted octanol–water partition coefficient (Wildman–Crippen LogP) is 1.59. The van der Waals surface area contributed by atoms with Crippen LogP contribution in [0.3, 0.4) is 0 Å². The van der Waals surface area contributed by atoms with Crippen LogP contribution < -0.4 is 10.9 Å². The molecule has 1 amide bonds. The summed E-state index contributed by atoms with van der Waals surface area (Å²) < 4.78 is 2.58. The normalized spacial score (nSPS) is 10.6. The molecule has 0 radical (unpaired) electrons. The van der Waals surface area contributed by atoms with E-state index in [-0.39, 0.29) is 11.5 Å². The minimum atomic E-state index is -0.0233. The molecule has 2 aromatic heterocycles. The van der Waals surface area contributed by atoms with Crippen molar-refractivity contribution in [3.05, 3.63) is 34.1 Å². The van der Waals surface area contributed by atoms with Crippen LogP contribution in [0.5, 0.6) is 0 Å². The lowest BCUT2D eigenvalue weighted by Crippen LogP contribution is -2.26. The summed E-state index contributed by atoms with van der Waals surface area (Å²) in [7, 11) is 0. The SMILES string of the molecule is CCNC(=O)CCn1ccc2sccc2c1=O. The van der Waals surface area contributed by atoms with Crippen LogP contribution in [0.2, 0.25) is 0 Å². The Labute approximate surface area is 103 Å². The highest BCUT2D eigenvalue weighted by atomic mass is 32.1. The molecule has 0 atom stereocenters. The first kappa shape index (κ1) is 11.9. The molecule has 0 fully saturated rings. The van der Waals surface area contributed by atoms with E-state index in [9.17, 15) is 9.59 Å². The van der Waals surface area contributed by atoms with Crippen molar-refractivity contribution in [1.82, 2.24) is 9.88 Å². The summed E-state index contributed by atoms with van der Waals surface area (Å²) >= 11 is 1.55. The van der Waals surface area contributed by atoms with Gasteiger partial charge in [-0.05, 0) is 24.4 Å². The maximum Gasteiger partial charge on any atom is 0.259 e. The highest BCUT2D eigenvalue weighted by molar-refractivity contribution is 7.17. The Morgan fingerprint density at radius 2 is 2.29 bits per heavy atom. The second-order valence-corrected chi connectivity index (χ2v) is 4.66. The van der Waals surface area contributed by atoms with Crippen molar-refractivity contribution in [2.24, 2.45) is 0 Å². The Hall–Kier alpha value is -1.62. The van der Waals surface area contributed by atoms with Gasteiger partial charge in [-0.2, -0.15) is 0 Å². The fourth-order valence-corrected chi connectivity index (χ4v) is 2.46. The molecule has 0 aliphatic carbocycles. The molecule has 0 aromatic carbocycles. The highest BCUT2D eigenvalue weighted by Gasteiger charge is 2.05. The summed E-state index contributed by atoms with van der Waals surface area (Å²) in [5, 5.41) is 5.35. The van der Waals surface area contributed by atoms with Crippen LogP contribution in [0.15, 0.2) is 28.5 Å². The lowest BCUT2D eigenvalue weighted by atomic mass is 10.3. The predicted molar refractivity (Wildman–Crippen MR) is 69.4 cm³/mol. The molecule has 0 aliphatic rings. The van der Waals surface area contributed by atoms with E-state index < -0.39 is 0 Å². The second kappa shape index (κ2) is 5.14. The van der Waals surface area contributed by atoms with Crippen molar-refractivity contribution in [2.75, 3.05) is 6.54 Å². The lowest BCUT2D eigenvalue weighted by molar-refractivity contribution is -0.121. The maximum atomic E-state index is 12.0. The number of carbonyl (C=O) groups is 1. The van der Waals surface area contributed by atoms with Crippen molar-refractivity contribution in [3.63, 3.8) is 0 Å². The van der Waals surface area contributed by atoms with Gasteiger partial charge in [0.05, 0.1) is 5.39 Å². The fourth-order valence-electron chi connectivity index (χ4n) is 1.69. The minimum absolute atomic E-state index is 0.0203. The van der Waals surface area contributed by atoms with Crippen LogP contribution >= 0.6 is 11.3 Å². The summed E-state index contributed by atoms with van der Waals surface area (Å²) in [6.07, 6.45) is 2.09. The van der Waals surface area contributed by atoms with E-state index in [1.807, 2.05) is 24.4 Å². The summed E-state index contributed by atoms with van der Waals surface area (Å²) in [6.45, 7) is 2.93. The lowest BCUT2D eigenvalue weighted by Gasteiger charge is -2.05. The Morgan fingerprint density at radius 1 is 1.47 bits per heavy atom. The molecule has 2 heterocycles. The van der Waals surface area contributed by atoms with Crippen LogP contribution in [0, 0.1) is 0 Å². The zero-order chi connectivity index (χ0) is 12.3. The summed E-state index contributed by atoms with van der Waals surface area (Å²) in [6, 6.07) is 3.74. The highest BCUT2D eigenvalue weighted by Crippen LogP contribution is 2.16. The molecular weight excluding hydrogens is 236 g/mol. The summed E-state index contributed by atoms with van der Waals surface area (Å²) in [4.78, 5) is 23.3. The zero-order valence-electron chi connectivity index (χ0n) is 9.60. The van der Waals surface area contributed by atoms with Crippen molar-refractivity contribution in [2.45, 2.75) is 19.9 Å². The van der Waals surface area contributed by atoms with Crippen LogP contribution in [0.25, 0.3) is 10.1 Å². The van der Waals surface area contributed by atoms with Crippen LogP contribution in [0.4, 0.5) is 0 Å². The molecule has 0 unspecified atom stereocenters. The average Bonchev–Trinajstić information content (AvgIpc) is 2.77. The number of pyridine rings is 1. The molecule has 90 valence electrons. The molecule has 1 N–H and O–H groups in total. The van der Waals surface area contributed by atoms with Crippen LogP contribution in [0.1, 0.15) is 13.3 Å². The number of hydrogen-bond donors (Lipinski definition) is 1. The monoisotopic (exact) mass is 250 g/mol. The molecule has 4 nitrogen and oxygen atoms in total. The van der Waals surface area contributed by atoms with E-state index in [0.717, 1.165) is 10.1 Å². The van der Waals surface area contributed by atoms with E-state index in [2.05, 4.69) is 5.32 Å². The van der Waals surface area contributed by atoms with Gasteiger partial charge < -0.3 is 9.88 Å². The van der Waals surface area contributed by atoms with E-state index in [0.29, 0.717) is 19.5 Å². The van der Waals surface area contributed by atoms with Crippen molar-refractivity contribution in [3.8, 4) is 0 Å². The topological polar surface area (TPSA) is 51.1 Å². The van der Waals surface area contributed by atoms with Gasteiger partial charge in [-0.3, -0.25) is 9.59 Å². The Balaban J connectivity index is 2.16. The standard InChI is InChI=1S/C12H14N2O2S/c1-2-13-11(15)4-7-14-6-3-10-9(12(14)16)5-8-17-10/h3,5-6,8H,2,4,7H2,1H3,(H,13,15). The fraction of sp³-hybridized carbons (Fsp3) is 0.333. The first-order valence-electron chi connectivity index (χ1n) is 5.55. The zero-order valence-corrected chi connectivity index (χ0v) is 10.4. The number of amides is 1. The van der Waals surface area contributed by atoms with E-state index in [4.69, 9.17) is 0 Å². The molecule has 5 heteroatoms. The van der Waals surface area contributed by atoms with Gasteiger partial charge in [-0.1, -0.05) is 0 Å². The Kier molecular flexibility index (Phi) is 3.58. The Morgan fingerprint density at radius 3 is 3.06 bits per heavy atom. The number of fused-ring (bicyclic) bond motifs is 1. The molecular formula is C12H14N2O2S. The van der Waals surface area contributed by atoms with E-state index >= 15 is 0 Å². The largest absolute Gasteiger partial charge is 0.356 e. The molecule has 0 saturated carbocycles. The van der Waals surface area contributed by atoms with Crippen molar-refractivity contribution < 1.29 is 4.79 Å². The number of thiophene rings is 1. The van der Waals surface area contributed by atoms with Gasteiger partial charge >= 0.3 is 0 Å². The number of rotatable bonds is 4. The third kappa shape index (κ3) is 2.55. The Bertz CT molecular complexity index is 585. The van der Waals surface area contributed by atoms with Gasteiger partial charge in [0.2, 0.25) is 5.91 Å².